The lowest BCUT2D eigenvalue weighted by molar-refractivity contribution is -0.119. The quantitative estimate of drug-likeness (QED) is 0.723. The molecule has 144 valence electrons. The van der Waals surface area contributed by atoms with Crippen LogP contribution < -0.4 is 20.1 Å². The Kier molecular flexibility index (Phi) is 7.45. The van der Waals surface area contributed by atoms with Crippen LogP contribution in [0.2, 0.25) is 5.02 Å². The van der Waals surface area contributed by atoms with Gasteiger partial charge in [0, 0.05) is 17.4 Å². The number of rotatable bonds is 8. The van der Waals surface area contributed by atoms with Crippen LogP contribution in [0.3, 0.4) is 0 Å². The molecule has 0 aromatic heterocycles. The highest BCUT2D eigenvalue weighted by molar-refractivity contribution is 6.32. The number of hydrogen-bond acceptors (Lipinski definition) is 5. The van der Waals surface area contributed by atoms with Crippen LogP contribution in [0.15, 0.2) is 42.5 Å². The van der Waals surface area contributed by atoms with E-state index in [4.69, 9.17) is 21.1 Å². The van der Waals surface area contributed by atoms with Crippen molar-refractivity contribution in [3.8, 4) is 11.5 Å². The molecule has 0 heterocycles. The average Bonchev–Trinajstić information content (AvgIpc) is 2.61. The first-order valence-corrected chi connectivity index (χ1v) is 8.55. The molecule has 27 heavy (non-hydrogen) atoms. The fourth-order valence-corrected chi connectivity index (χ4v) is 2.65. The molecule has 2 N–H and O–H groups in total. The molecule has 2 aromatic carbocycles. The second-order valence-electron chi connectivity index (χ2n) is 5.85. The number of nitrogens with zero attached hydrogens (tertiary/aromatic N) is 1. The number of ether oxygens (including phenoxy) is 2. The first kappa shape index (κ1) is 20.5. The lowest BCUT2D eigenvalue weighted by Crippen LogP contribution is -2.36. The van der Waals surface area contributed by atoms with E-state index >= 15 is 0 Å². The van der Waals surface area contributed by atoms with E-state index in [1.54, 1.807) is 61.5 Å². The van der Waals surface area contributed by atoms with Gasteiger partial charge in [-0.05, 0) is 37.4 Å². The van der Waals surface area contributed by atoms with E-state index in [9.17, 15) is 9.59 Å². The topological polar surface area (TPSA) is 79.9 Å². The van der Waals surface area contributed by atoms with E-state index < -0.39 is 0 Å². The monoisotopic (exact) mass is 391 g/mol. The summed E-state index contributed by atoms with van der Waals surface area (Å²) in [5.74, 6) is 0.693. The van der Waals surface area contributed by atoms with Crippen LogP contribution in [0.4, 0.5) is 11.4 Å². The van der Waals surface area contributed by atoms with Crippen LogP contribution in [0.25, 0.3) is 0 Å². The van der Waals surface area contributed by atoms with Gasteiger partial charge in [0.1, 0.15) is 11.5 Å². The predicted octanol–water partition coefficient (Wildman–Crippen LogP) is 2.87. The number of methoxy groups -OCH3 is 2. The fraction of sp³-hybridized carbons (Fsp3) is 0.263. The molecule has 0 aliphatic rings. The summed E-state index contributed by atoms with van der Waals surface area (Å²) in [6.07, 6.45) is 0. The van der Waals surface area contributed by atoms with E-state index in [1.165, 1.54) is 7.11 Å². The van der Waals surface area contributed by atoms with Crippen molar-refractivity contribution in [2.24, 2.45) is 0 Å². The maximum Gasteiger partial charge on any atom is 0.238 e. The van der Waals surface area contributed by atoms with Gasteiger partial charge in [-0.15, -0.1) is 0 Å². The summed E-state index contributed by atoms with van der Waals surface area (Å²) in [6.45, 7) is 0.114. The third kappa shape index (κ3) is 6.47. The van der Waals surface area contributed by atoms with Crippen molar-refractivity contribution in [2.75, 3.05) is 45.0 Å². The van der Waals surface area contributed by atoms with E-state index in [-0.39, 0.29) is 24.9 Å². The highest BCUT2D eigenvalue weighted by atomic mass is 35.5. The SMILES string of the molecule is COc1cccc(NC(=O)CN(C)CC(=O)Nc2ccc(OC)c(Cl)c2)c1. The zero-order valence-electron chi connectivity index (χ0n) is 15.4. The number of anilines is 2. The van der Waals surface area contributed by atoms with E-state index in [0.717, 1.165) is 0 Å². The van der Waals surface area contributed by atoms with Gasteiger partial charge in [0.2, 0.25) is 11.8 Å². The predicted molar refractivity (Wildman–Crippen MR) is 106 cm³/mol. The molecule has 7 nitrogen and oxygen atoms in total. The Labute approximate surface area is 163 Å². The molecule has 0 radical (unpaired) electrons. The number of halogens is 1. The molecule has 0 aliphatic heterocycles. The highest BCUT2D eigenvalue weighted by Gasteiger charge is 2.12. The summed E-state index contributed by atoms with van der Waals surface area (Å²) >= 11 is 6.04. The molecule has 0 spiro atoms. The minimum atomic E-state index is -0.257. The standard InChI is InChI=1S/C19H22ClN3O4/c1-23(11-18(24)21-13-5-4-6-15(9-13)26-2)12-19(25)22-14-7-8-17(27-3)16(20)10-14/h4-10H,11-12H2,1-3H3,(H,21,24)(H,22,25). The van der Waals surface area contributed by atoms with Gasteiger partial charge in [-0.2, -0.15) is 0 Å². The Morgan fingerprint density at radius 1 is 0.963 bits per heavy atom. The molecule has 0 bridgehead atoms. The van der Waals surface area contributed by atoms with Crippen molar-refractivity contribution in [3.05, 3.63) is 47.5 Å². The third-order valence-electron chi connectivity index (χ3n) is 3.62. The number of nitrogens with one attached hydrogen (secondary N) is 2. The highest BCUT2D eigenvalue weighted by Crippen LogP contribution is 2.27. The zero-order valence-corrected chi connectivity index (χ0v) is 16.2. The van der Waals surface area contributed by atoms with E-state index in [0.29, 0.717) is 27.9 Å². The minimum absolute atomic E-state index is 0.0508. The molecule has 2 rings (SSSR count). The van der Waals surface area contributed by atoms with Crippen LogP contribution in [-0.4, -0.2) is 51.1 Å². The number of likely N-dealkylation sites (N-methyl/N-ethyl adjacent to an activating group) is 1. The average molecular weight is 392 g/mol. The van der Waals surface area contributed by atoms with Crippen LogP contribution in [-0.2, 0) is 9.59 Å². The molecular weight excluding hydrogens is 370 g/mol. The lowest BCUT2D eigenvalue weighted by atomic mass is 10.3. The van der Waals surface area contributed by atoms with Gasteiger partial charge in [0.05, 0.1) is 32.3 Å². The minimum Gasteiger partial charge on any atom is -0.497 e. The first-order chi connectivity index (χ1) is 12.9. The van der Waals surface area contributed by atoms with Gasteiger partial charge in [0.15, 0.2) is 0 Å². The Morgan fingerprint density at radius 2 is 1.59 bits per heavy atom. The Morgan fingerprint density at radius 3 is 2.15 bits per heavy atom. The van der Waals surface area contributed by atoms with Crippen LogP contribution in [0.1, 0.15) is 0 Å². The summed E-state index contributed by atoms with van der Waals surface area (Å²) in [6, 6.07) is 12.0. The lowest BCUT2D eigenvalue weighted by Gasteiger charge is -2.16. The summed E-state index contributed by atoms with van der Waals surface area (Å²) in [4.78, 5) is 25.9. The van der Waals surface area contributed by atoms with Crippen molar-refractivity contribution in [2.45, 2.75) is 0 Å². The van der Waals surface area contributed by atoms with Gasteiger partial charge in [-0.3, -0.25) is 14.5 Å². The third-order valence-corrected chi connectivity index (χ3v) is 3.91. The molecule has 0 aliphatic carbocycles. The molecule has 2 aromatic rings. The number of benzene rings is 2. The summed E-state index contributed by atoms with van der Waals surface area (Å²) in [5.41, 5.74) is 1.19. The van der Waals surface area contributed by atoms with Crippen LogP contribution >= 0.6 is 11.6 Å². The van der Waals surface area contributed by atoms with Gasteiger partial charge < -0.3 is 20.1 Å². The number of amides is 2. The number of hydrogen-bond donors (Lipinski definition) is 2. The van der Waals surface area contributed by atoms with Gasteiger partial charge >= 0.3 is 0 Å². The van der Waals surface area contributed by atoms with Crippen molar-refractivity contribution in [1.29, 1.82) is 0 Å². The van der Waals surface area contributed by atoms with Gasteiger partial charge in [0.25, 0.3) is 0 Å². The van der Waals surface area contributed by atoms with Gasteiger partial charge in [-0.25, -0.2) is 0 Å². The molecule has 0 saturated heterocycles. The maximum absolute atomic E-state index is 12.1. The maximum atomic E-state index is 12.1. The molecular formula is C19H22ClN3O4. The molecule has 0 saturated carbocycles. The van der Waals surface area contributed by atoms with Crippen molar-refractivity contribution in [1.82, 2.24) is 4.90 Å². The second-order valence-corrected chi connectivity index (χ2v) is 6.26. The van der Waals surface area contributed by atoms with Crippen molar-refractivity contribution >= 4 is 34.8 Å². The largest absolute Gasteiger partial charge is 0.497 e. The Bertz CT molecular complexity index is 813. The van der Waals surface area contributed by atoms with E-state index in [2.05, 4.69) is 10.6 Å². The smallest absolute Gasteiger partial charge is 0.238 e. The Hall–Kier alpha value is -2.77. The molecule has 2 amide bonds. The normalized spacial score (nSPS) is 10.4. The number of carbonyl (C=O) groups excluding carboxylic acids is 2. The summed E-state index contributed by atoms with van der Waals surface area (Å²) in [5, 5.41) is 5.91. The Balaban J connectivity index is 1.83. The van der Waals surface area contributed by atoms with Crippen molar-refractivity contribution < 1.29 is 19.1 Å². The number of carbonyl (C=O) groups is 2. The second kappa shape index (κ2) is 9.80. The molecule has 0 unspecified atom stereocenters. The van der Waals surface area contributed by atoms with Crippen LogP contribution in [0, 0.1) is 0 Å². The molecule has 8 heteroatoms. The van der Waals surface area contributed by atoms with Crippen molar-refractivity contribution in [3.63, 3.8) is 0 Å². The fourth-order valence-electron chi connectivity index (χ4n) is 2.39. The molecule has 0 atom stereocenters. The van der Waals surface area contributed by atoms with Gasteiger partial charge in [-0.1, -0.05) is 17.7 Å². The zero-order chi connectivity index (χ0) is 19.8. The summed E-state index contributed by atoms with van der Waals surface area (Å²) < 4.78 is 10.2. The first-order valence-electron chi connectivity index (χ1n) is 8.17. The molecule has 0 fully saturated rings. The summed E-state index contributed by atoms with van der Waals surface area (Å²) in [7, 11) is 4.76. The van der Waals surface area contributed by atoms with Crippen LogP contribution in [0.5, 0.6) is 11.5 Å². The van der Waals surface area contributed by atoms with E-state index in [1.807, 2.05) is 0 Å².